The van der Waals surface area contributed by atoms with Crippen molar-refractivity contribution in [3.05, 3.63) is 34.3 Å². The number of nitrogens with zero attached hydrogens (tertiary/aromatic N) is 3. The van der Waals surface area contributed by atoms with E-state index in [0.29, 0.717) is 65.7 Å². The minimum Gasteiger partial charge on any atom is -0.492 e. The van der Waals surface area contributed by atoms with Crippen molar-refractivity contribution in [2.24, 2.45) is 5.92 Å². The standard InChI is InChI=1S/C20H25N5O3S.ClH/c1-13(2)12-28-17-5-4-15(10-16(17)11-21)20-22-14(3)18(29-20)19(26)23-24-25-6-8-27-9-7-25;/h4-5,10,13,24H,6-9,12H2,1-3H3,(H,23,26);1H. The maximum absolute atomic E-state index is 12.5. The number of carbonyl (C=O) groups is 1. The highest BCUT2D eigenvalue weighted by Gasteiger charge is 2.18. The van der Waals surface area contributed by atoms with Gasteiger partial charge in [-0.1, -0.05) is 13.8 Å². The molecule has 1 aliphatic rings. The van der Waals surface area contributed by atoms with Gasteiger partial charge in [0, 0.05) is 18.7 Å². The molecule has 10 heteroatoms. The largest absolute Gasteiger partial charge is 0.492 e. The van der Waals surface area contributed by atoms with E-state index in [0.717, 1.165) is 5.56 Å². The quantitative estimate of drug-likeness (QED) is 0.624. The van der Waals surface area contributed by atoms with Gasteiger partial charge >= 0.3 is 0 Å². The molecule has 0 unspecified atom stereocenters. The Morgan fingerprint density at radius 1 is 1.40 bits per heavy atom. The van der Waals surface area contributed by atoms with Crippen LogP contribution in [-0.4, -0.2) is 48.8 Å². The Labute approximate surface area is 186 Å². The summed E-state index contributed by atoms with van der Waals surface area (Å²) in [7, 11) is 0. The molecule has 162 valence electrons. The third-order valence-electron chi connectivity index (χ3n) is 4.26. The van der Waals surface area contributed by atoms with Crippen molar-refractivity contribution in [2.45, 2.75) is 20.8 Å². The van der Waals surface area contributed by atoms with E-state index in [4.69, 9.17) is 9.47 Å². The van der Waals surface area contributed by atoms with Crippen LogP contribution in [0.1, 0.15) is 34.8 Å². The summed E-state index contributed by atoms with van der Waals surface area (Å²) in [5.74, 6) is 0.691. The lowest BCUT2D eigenvalue weighted by atomic mass is 10.1. The van der Waals surface area contributed by atoms with Gasteiger partial charge in [-0.2, -0.15) is 10.8 Å². The van der Waals surface area contributed by atoms with Crippen LogP contribution in [0.4, 0.5) is 0 Å². The Bertz CT molecular complexity index is 906. The highest BCUT2D eigenvalue weighted by atomic mass is 35.5. The van der Waals surface area contributed by atoms with Gasteiger partial charge in [0.2, 0.25) is 0 Å². The first-order chi connectivity index (χ1) is 14.0. The van der Waals surface area contributed by atoms with E-state index in [1.807, 2.05) is 11.1 Å². The average molecular weight is 452 g/mol. The third-order valence-corrected chi connectivity index (χ3v) is 5.47. The Kier molecular flexibility index (Phi) is 9.02. The van der Waals surface area contributed by atoms with Crippen molar-refractivity contribution in [2.75, 3.05) is 32.9 Å². The molecule has 0 spiro atoms. The van der Waals surface area contributed by atoms with Gasteiger partial charge in [-0.15, -0.1) is 23.7 Å². The predicted molar refractivity (Wildman–Crippen MR) is 118 cm³/mol. The van der Waals surface area contributed by atoms with Crippen molar-refractivity contribution >= 4 is 29.7 Å². The van der Waals surface area contributed by atoms with Gasteiger partial charge in [0.25, 0.3) is 5.91 Å². The second-order valence-corrected chi connectivity index (χ2v) is 8.13. The first-order valence-corrected chi connectivity index (χ1v) is 10.3. The lowest BCUT2D eigenvalue weighted by Crippen LogP contribution is -2.53. The van der Waals surface area contributed by atoms with Gasteiger partial charge in [0.15, 0.2) is 0 Å². The number of amides is 1. The van der Waals surface area contributed by atoms with E-state index in [1.54, 1.807) is 19.1 Å². The summed E-state index contributed by atoms with van der Waals surface area (Å²) in [5.41, 5.74) is 7.51. The van der Waals surface area contributed by atoms with E-state index >= 15 is 0 Å². The minimum atomic E-state index is -0.241. The molecule has 1 amide bonds. The number of ether oxygens (including phenoxy) is 2. The van der Waals surface area contributed by atoms with Crippen LogP contribution in [0.3, 0.4) is 0 Å². The molecular formula is C20H26ClN5O3S. The highest BCUT2D eigenvalue weighted by molar-refractivity contribution is 7.17. The number of morpholine rings is 1. The molecule has 1 aromatic carbocycles. The predicted octanol–water partition coefficient (Wildman–Crippen LogP) is 2.93. The van der Waals surface area contributed by atoms with E-state index in [9.17, 15) is 10.1 Å². The Morgan fingerprint density at radius 3 is 2.80 bits per heavy atom. The van der Waals surface area contributed by atoms with Gasteiger partial charge < -0.3 is 9.47 Å². The summed E-state index contributed by atoms with van der Waals surface area (Å²) < 4.78 is 11.0. The first kappa shape index (κ1) is 24.1. The van der Waals surface area contributed by atoms with Gasteiger partial charge in [-0.25, -0.2) is 9.99 Å². The number of rotatable bonds is 7. The number of hydrazine groups is 2. The van der Waals surface area contributed by atoms with Crippen LogP contribution in [0.25, 0.3) is 10.6 Å². The van der Waals surface area contributed by atoms with E-state index < -0.39 is 0 Å². The van der Waals surface area contributed by atoms with Crippen molar-refractivity contribution in [3.8, 4) is 22.4 Å². The number of benzene rings is 1. The third kappa shape index (κ3) is 6.14. The number of nitrogens with one attached hydrogen (secondary N) is 2. The second-order valence-electron chi connectivity index (χ2n) is 7.13. The van der Waals surface area contributed by atoms with Gasteiger partial charge in [-0.3, -0.25) is 10.2 Å². The molecule has 0 saturated carbocycles. The van der Waals surface area contributed by atoms with Crippen molar-refractivity contribution in [3.63, 3.8) is 0 Å². The fraction of sp³-hybridized carbons (Fsp3) is 0.450. The van der Waals surface area contributed by atoms with E-state index in [-0.39, 0.29) is 18.3 Å². The molecule has 0 radical (unpaired) electrons. The molecule has 0 aliphatic carbocycles. The molecule has 1 fully saturated rings. The minimum absolute atomic E-state index is 0. The molecule has 8 nitrogen and oxygen atoms in total. The molecule has 1 aliphatic heterocycles. The maximum Gasteiger partial charge on any atom is 0.278 e. The smallest absolute Gasteiger partial charge is 0.278 e. The van der Waals surface area contributed by atoms with Crippen molar-refractivity contribution in [1.29, 1.82) is 5.26 Å². The zero-order chi connectivity index (χ0) is 20.8. The molecular weight excluding hydrogens is 426 g/mol. The Morgan fingerprint density at radius 2 is 2.13 bits per heavy atom. The number of aryl methyl sites for hydroxylation is 1. The summed E-state index contributed by atoms with van der Waals surface area (Å²) in [6.07, 6.45) is 0. The number of thiazole rings is 1. The molecule has 2 aromatic rings. The van der Waals surface area contributed by atoms with Crippen LogP contribution in [0.15, 0.2) is 18.2 Å². The average Bonchev–Trinajstić information content (AvgIpc) is 3.12. The molecule has 1 aromatic heterocycles. The molecule has 1 saturated heterocycles. The number of nitriles is 1. The first-order valence-electron chi connectivity index (χ1n) is 9.51. The van der Waals surface area contributed by atoms with E-state index in [1.165, 1.54) is 11.3 Å². The lowest BCUT2D eigenvalue weighted by Gasteiger charge is -2.26. The fourth-order valence-corrected chi connectivity index (χ4v) is 3.68. The zero-order valence-corrected chi connectivity index (χ0v) is 18.9. The molecule has 2 heterocycles. The Hall–Kier alpha value is -2.22. The summed E-state index contributed by atoms with van der Waals surface area (Å²) in [5, 5.41) is 12.0. The molecule has 0 atom stereocenters. The van der Waals surface area contributed by atoms with Crippen LogP contribution in [0.2, 0.25) is 0 Å². The van der Waals surface area contributed by atoms with Crippen LogP contribution in [0.5, 0.6) is 5.75 Å². The number of hydrogen-bond donors (Lipinski definition) is 2. The molecule has 30 heavy (non-hydrogen) atoms. The summed E-state index contributed by atoms with van der Waals surface area (Å²) >= 11 is 1.29. The molecule has 2 N–H and O–H groups in total. The second kappa shape index (κ2) is 11.2. The normalized spacial score (nSPS) is 14.1. The molecule has 3 rings (SSSR count). The zero-order valence-electron chi connectivity index (χ0n) is 17.2. The maximum atomic E-state index is 12.5. The summed E-state index contributed by atoms with van der Waals surface area (Å²) in [6.45, 7) is 9.12. The lowest BCUT2D eigenvalue weighted by molar-refractivity contribution is 0.00227. The van der Waals surface area contributed by atoms with Gasteiger partial charge in [0.05, 0.1) is 31.1 Å². The number of aromatic nitrogens is 1. The van der Waals surface area contributed by atoms with Crippen LogP contribution in [0, 0.1) is 24.2 Å². The van der Waals surface area contributed by atoms with Crippen molar-refractivity contribution < 1.29 is 14.3 Å². The van der Waals surface area contributed by atoms with Gasteiger partial charge in [-0.05, 0) is 31.0 Å². The fourth-order valence-electron chi connectivity index (χ4n) is 2.73. The number of hydrogen-bond acceptors (Lipinski definition) is 8. The topological polar surface area (TPSA) is 99.5 Å². The Balaban J connectivity index is 0.00000320. The van der Waals surface area contributed by atoms with Crippen LogP contribution < -0.4 is 15.7 Å². The highest BCUT2D eigenvalue weighted by Crippen LogP contribution is 2.31. The van der Waals surface area contributed by atoms with Gasteiger partial charge in [0.1, 0.15) is 21.7 Å². The number of halogens is 1. The monoisotopic (exact) mass is 451 g/mol. The molecule has 0 bridgehead atoms. The number of carbonyl (C=O) groups excluding carboxylic acids is 1. The summed E-state index contributed by atoms with van der Waals surface area (Å²) in [6, 6.07) is 7.58. The summed E-state index contributed by atoms with van der Waals surface area (Å²) in [4.78, 5) is 17.6. The van der Waals surface area contributed by atoms with E-state index in [2.05, 4.69) is 35.9 Å². The van der Waals surface area contributed by atoms with Crippen LogP contribution >= 0.6 is 23.7 Å². The van der Waals surface area contributed by atoms with Crippen LogP contribution in [-0.2, 0) is 4.74 Å². The van der Waals surface area contributed by atoms with Crippen molar-refractivity contribution in [1.82, 2.24) is 21.0 Å². The SMILES string of the molecule is Cc1nc(-c2ccc(OCC(C)C)c(C#N)c2)sc1C(=O)NNN1CCOCC1.Cl.